The smallest absolute Gasteiger partial charge is 0.166 e. The van der Waals surface area contributed by atoms with Crippen molar-refractivity contribution >= 4 is 34.8 Å². The highest BCUT2D eigenvalue weighted by atomic mass is 35.5. The third-order valence-corrected chi connectivity index (χ3v) is 4.58. The fourth-order valence-corrected chi connectivity index (χ4v) is 3.70. The zero-order chi connectivity index (χ0) is 25.6. The summed E-state index contributed by atoms with van der Waals surface area (Å²) in [6, 6.07) is 12.9. The Bertz CT molecular complexity index is 890. The van der Waals surface area contributed by atoms with E-state index in [0.29, 0.717) is 22.2 Å². The Morgan fingerprint density at radius 1 is 0.424 bits per heavy atom. The van der Waals surface area contributed by atoms with Gasteiger partial charge in [0.15, 0.2) is 0 Å². The Labute approximate surface area is 204 Å². The van der Waals surface area contributed by atoms with Crippen LogP contribution in [-0.2, 0) is 12.4 Å². The molecule has 3 aromatic rings. The first-order valence-electron chi connectivity index (χ1n) is 9.40. The van der Waals surface area contributed by atoms with Gasteiger partial charge < -0.3 is 0 Å². The van der Waals surface area contributed by atoms with Crippen LogP contribution in [0.25, 0.3) is 0 Å². The molecule has 0 spiro atoms. The van der Waals surface area contributed by atoms with Gasteiger partial charge in [-0.05, 0) is 98.5 Å². The van der Waals surface area contributed by atoms with Gasteiger partial charge in [-0.15, -0.1) is 0 Å². The molecule has 0 unspecified atom stereocenters. The lowest BCUT2D eigenvalue weighted by atomic mass is 10.1. The predicted molar refractivity (Wildman–Crippen MR) is 123 cm³/mol. The van der Waals surface area contributed by atoms with E-state index in [1.807, 2.05) is 45.0 Å². The van der Waals surface area contributed by atoms with Crippen LogP contribution in [0.5, 0.6) is 0 Å². The maximum atomic E-state index is 12.2. The highest BCUT2D eigenvalue weighted by molar-refractivity contribution is 6.34. The number of alkyl halides is 6. The van der Waals surface area contributed by atoms with Gasteiger partial charge in [0.05, 0.1) is 11.1 Å². The molecule has 0 saturated heterocycles. The summed E-state index contributed by atoms with van der Waals surface area (Å²) in [6.45, 7) is 7.22. The zero-order valence-corrected chi connectivity index (χ0v) is 20.4. The van der Waals surface area contributed by atoms with E-state index in [-0.39, 0.29) is 11.6 Å². The molecule has 0 nitrogen and oxygen atoms in total. The lowest BCUT2D eigenvalue weighted by Gasteiger charge is -2.12. The fourth-order valence-electron chi connectivity index (χ4n) is 2.72. The van der Waals surface area contributed by atoms with Gasteiger partial charge in [0.1, 0.15) is 0 Å². The van der Waals surface area contributed by atoms with Gasteiger partial charge in [-0.2, -0.15) is 26.3 Å². The third kappa shape index (κ3) is 11.2. The topological polar surface area (TPSA) is 0 Å². The van der Waals surface area contributed by atoms with Crippen molar-refractivity contribution in [3.05, 3.63) is 103 Å². The second-order valence-corrected chi connectivity index (χ2v) is 8.65. The van der Waals surface area contributed by atoms with Crippen molar-refractivity contribution in [1.29, 1.82) is 0 Å². The zero-order valence-electron chi connectivity index (χ0n) is 18.1. The van der Waals surface area contributed by atoms with Crippen molar-refractivity contribution in [3.8, 4) is 0 Å². The van der Waals surface area contributed by atoms with Crippen molar-refractivity contribution in [3.63, 3.8) is 0 Å². The summed E-state index contributed by atoms with van der Waals surface area (Å²) in [6.07, 6.45) is -9.52. The Hall–Kier alpha value is -1.89. The SMILES string of the molecule is Cc1cc(C(F)(F)F)cc(C(F)(F)F)c1.Cc1cc(C)cc(Cl)c1.Cc1cc(Cl)cc(Cl)c1. The molecule has 0 aromatic heterocycles. The minimum atomic E-state index is -4.76. The molecule has 3 aromatic carbocycles. The Kier molecular flexibility index (Phi) is 10.6. The molecule has 33 heavy (non-hydrogen) atoms. The molecule has 0 amide bonds. The molecule has 180 valence electrons. The Morgan fingerprint density at radius 3 is 0.970 bits per heavy atom. The summed E-state index contributed by atoms with van der Waals surface area (Å²) in [5, 5.41) is 2.22. The first-order chi connectivity index (χ1) is 15.0. The van der Waals surface area contributed by atoms with Crippen LogP contribution in [0.3, 0.4) is 0 Å². The number of halogens is 9. The van der Waals surface area contributed by atoms with Crippen LogP contribution >= 0.6 is 34.8 Å². The number of benzene rings is 3. The number of rotatable bonds is 0. The summed E-state index contributed by atoms with van der Waals surface area (Å²) < 4.78 is 73.0. The predicted octanol–water partition coefficient (Wildman–Crippen LogP) is 10.3. The van der Waals surface area contributed by atoms with E-state index < -0.39 is 23.5 Å². The quantitative estimate of drug-likeness (QED) is 0.254. The third-order valence-electron chi connectivity index (χ3n) is 3.93. The van der Waals surface area contributed by atoms with E-state index in [9.17, 15) is 26.3 Å². The van der Waals surface area contributed by atoms with Gasteiger partial charge in [-0.3, -0.25) is 0 Å². The van der Waals surface area contributed by atoms with E-state index in [4.69, 9.17) is 34.8 Å². The van der Waals surface area contributed by atoms with E-state index in [2.05, 4.69) is 6.07 Å². The summed E-state index contributed by atoms with van der Waals surface area (Å²) in [5.41, 5.74) is 0.898. The van der Waals surface area contributed by atoms with Crippen LogP contribution in [0.4, 0.5) is 26.3 Å². The van der Waals surface area contributed by atoms with Crippen LogP contribution < -0.4 is 0 Å². The average Bonchev–Trinajstić information content (AvgIpc) is 2.58. The molecular weight excluding hydrogens is 509 g/mol. The second-order valence-electron chi connectivity index (χ2n) is 7.34. The minimum absolute atomic E-state index is 0.0721. The van der Waals surface area contributed by atoms with Crippen molar-refractivity contribution in [2.75, 3.05) is 0 Å². The van der Waals surface area contributed by atoms with Gasteiger partial charge in [-0.25, -0.2) is 0 Å². The molecule has 9 heteroatoms. The van der Waals surface area contributed by atoms with Crippen LogP contribution in [0.2, 0.25) is 15.1 Å². The maximum Gasteiger partial charge on any atom is 0.416 e. The molecule has 0 saturated carbocycles. The molecule has 0 heterocycles. The lowest BCUT2D eigenvalue weighted by Crippen LogP contribution is -2.11. The molecular formula is C24H21Cl3F6. The highest BCUT2D eigenvalue weighted by Gasteiger charge is 2.36. The summed E-state index contributed by atoms with van der Waals surface area (Å²) in [4.78, 5) is 0. The molecule has 0 fully saturated rings. The first-order valence-corrected chi connectivity index (χ1v) is 10.5. The van der Waals surface area contributed by atoms with Crippen molar-refractivity contribution in [1.82, 2.24) is 0 Å². The molecule has 0 aliphatic rings. The van der Waals surface area contributed by atoms with Gasteiger partial charge in [0.25, 0.3) is 0 Å². The molecule has 0 N–H and O–H groups in total. The second kappa shape index (κ2) is 12.0. The van der Waals surface area contributed by atoms with E-state index in [0.717, 1.165) is 10.6 Å². The molecule has 0 radical (unpaired) electrons. The molecule has 0 aliphatic carbocycles. The van der Waals surface area contributed by atoms with Gasteiger partial charge in [0.2, 0.25) is 0 Å². The van der Waals surface area contributed by atoms with Gasteiger partial charge in [0, 0.05) is 15.1 Å². The van der Waals surface area contributed by atoms with Crippen LogP contribution in [0.1, 0.15) is 33.4 Å². The van der Waals surface area contributed by atoms with Crippen LogP contribution in [-0.4, -0.2) is 0 Å². The molecule has 0 bridgehead atoms. The summed E-state index contributed by atoms with van der Waals surface area (Å²) in [7, 11) is 0. The van der Waals surface area contributed by atoms with Gasteiger partial charge in [-0.1, -0.05) is 40.9 Å². The maximum absolute atomic E-state index is 12.2. The Morgan fingerprint density at radius 2 is 0.697 bits per heavy atom. The largest absolute Gasteiger partial charge is 0.416 e. The number of hydrogen-bond acceptors (Lipinski definition) is 0. The van der Waals surface area contributed by atoms with E-state index in [1.54, 1.807) is 6.07 Å². The summed E-state index contributed by atoms with van der Waals surface area (Å²) in [5.74, 6) is 0. The normalized spacial score (nSPS) is 11.2. The van der Waals surface area contributed by atoms with Gasteiger partial charge >= 0.3 is 12.4 Å². The van der Waals surface area contributed by atoms with Crippen molar-refractivity contribution in [2.24, 2.45) is 0 Å². The minimum Gasteiger partial charge on any atom is -0.166 e. The fraction of sp³-hybridized carbons (Fsp3) is 0.250. The standard InChI is InChI=1S/C9H6F6.C8H9Cl.C7H6Cl2/c1-5-2-6(8(10,11)12)4-7(3-5)9(13,14)15;1-6-3-7(2)5-8(9)4-6;1-5-2-6(8)4-7(9)3-5/h2-4H,1H3;3-5H,1-2H3;2-4H,1H3. The summed E-state index contributed by atoms with van der Waals surface area (Å²) >= 11 is 17.1. The first kappa shape index (κ1) is 29.1. The molecule has 3 rings (SSSR count). The number of hydrogen-bond donors (Lipinski definition) is 0. The van der Waals surface area contributed by atoms with Crippen LogP contribution in [0.15, 0.2) is 54.6 Å². The van der Waals surface area contributed by atoms with Crippen molar-refractivity contribution in [2.45, 2.75) is 40.0 Å². The average molecular weight is 530 g/mol. The highest BCUT2D eigenvalue weighted by Crippen LogP contribution is 2.36. The van der Waals surface area contributed by atoms with Crippen LogP contribution in [0, 0.1) is 27.7 Å². The lowest BCUT2D eigenvalue weighted by molar-refractivity contribution is -0.143. The molecule has 0 atom stereocenters. The van der Waals surface area contributed by atoms with E-state index in [1.165, 1.54) is 18.1 Å². The van der Waals surface area contributed by atoms with E-state index >= 15 is 0 Å². The number of aryl methyl sites for hydroxylation is 4. The monoisotopic (exact) mass is 528 g/mol. The molecule has 0 aliphatic heterocycles. The van der Waals surface area contributed by atoms with Crippen molar-refractivity contribution < 1.29 is 26.3 Å². The Balaban J connectivity index is 0.000000261.